The van der Waals surface area contributed by atoms with E-state index in [4.69, 9.17) is 9.15 Å². The van der Waals surface area contributed by atoms with Gasteiger partial charge in [0.1, 0.15) is 11.6 Å². The lowest BCUT2D eigenvalue weighted by molar-refractivity contribution is -0.139. The van der Waals surface area contributed by atoms with Crippen LogP contribution >= 0.6 is 0 Å². The first-order chi connectivity index (χ1) is 12.5. The third kappa shape index (κ3) is 4.31. The first-order valence-corrected chi connectivity index (χ1v) is 8.90. The number of amides is 1. The second kappa shape index (κ2) is 8.17. The number of hydrogen-bond acceptors (Lipinski definition) is 4. The average molecular weight is 359 g/mol. The highest BCUT2D eigenvalue weighted by molar-refractivity contribution is 5.90. The number of esters is 1. The van der Waals surface area contributed by atoms with Gasteiger partial charge in [0.25, 0.3) is 5.91 Å². The predicted molar refractivity (Wildman–Crippen MR) is 94.0 cm³/mol. The van der Waals surface area contributed by atoms with E-state index in [-0.39, 0.29) is 17.5 Å². The summed E-state index contributed by atoms with van der Waals surface area (Å²) >= 11 is 0. The number of furan rings is 1. The number of carbonyl (C=O) groups excluding carboxylic acids is 2. The molecule has 0 aliphatic carbocycles. The first-order valence-electron chi connectivity index (χ1n) is 8.90. The van der Waals surface area contributed by atoms with Crippen molar-refractivity contribution >= 4 is 11.9 Å². The third-order valence-corrected chi connectivity index (χ3v) is 4.49. The number of ether oxygens (including phenoxy) is 1. The van der Waals surface area contributed by atoms with Gasteiger partial charge in [0.05, 0.1) is 0 Å². The van der Waals surface area contributed by atoms with Gasteiger partial charge in [-0.3, -0.25) is 4.79 Å². The van der Waals surface area contributed by atoms with Crippen LogP contribution in [0.2, 0.25) is 0 Å². The Hall–Kier alpha value is -2.63. The second-order valence-corrected chi connectivity index (χ2v) is 6.46. The zero-order chi connectivity index (χ0) is 18.5. The zero-order valence-corrected chi connectivity index (χ0v) is 14.7. The summed E-state index contributed by atoms with van der Waals surface area (Å²) in [6.45, 7) is 2.99. The lowest BCUT2D eigenvalue weighted by atomic mass is 10.2. The van der Waals surface area contributed by atoms with Crippen LogP contribution < -0.4 is 0 Å². The first kappa shape index (κ1) is 18.2. The van der Waals surface area contributed by atoms with Gasteiger partial charge in [0.2, 0.25) is 5.76 Å². The number of likely N-dealkylation sites (tertiary alicyclic amines) is 1. The lowest BCUT2D eigenvalue weighted by Crippen LogP contribution is -2.40. The molecular formula is C20H22FNO4. The number of hydrogen-bond donors (Lipinski definition) is 0. The van der Waals surface area contributed by atoms with Crippen LogP contribution in [0.4, 0.5) is 4.39 Å². The largest absolute Gasteiger partial charge is 0.449 e. The zero-order valence-electron chi connectivity index (χ0n) is 14.7. The molecule has 1 unspecified atom stereocenters. The molecule has 1 fully saturated rings. The molecule has 2 aromatic rings. The summed E-state index contributed by atoms with van der Waals surface area (Å²) in [5.74, 6) is -0.760. The highest BCUT2D eigenvalue weighted by Crippen LogP contribution is 2.23. The molecule has 0 spiro atoms. The van der Waals surface area contributed by atoms with Crippen molar-refractivity contribution < 1.29 is 23.1 Å². The van der Waals surface area contributed by atoms with Gasteiger partial charge >= 0.3 is 5.97 Å². The average Bonchev–Trinajstić information content (AvgIpc) is 2.97. The molecule has 138 valence electrons. The van der Waals surface area contributed by atoms with Crippen LogP contribution in [0.3, 0.4) is 0 Å². The van der Waals surface area contributed by atoms with Crippen LogP contribution in [-0.4, -0.2) is 36.0 Å². The number of benzene rings is 1. The molecule has 1 aliphatic rings. The molecule has 0 saturated carbocycles. The van der Waals surface area contributed by atoms with Crippen molar-refractivity contribution in [1.82, 2.24) is 4.90 Å². The van der Waals surface area contributed by atoms with Crippen molar-refractivity contribution in [1.29, 1.82) is 0 Å². The van der Waals surface area contributed by atoms with Gasteiger partial charge in [-0.25, -0.2) is 9.18 Å². The maximum absolute atomic E-state index is 13.0. The Bertz CT molecular complexity index is 760. The maximum atomic E-state index is 13.0. The van der Waals surface area contributed by atoms with Crippen LogP contribution in [-0.2, 0) is 9.53 Å². The quantitative estimate of drug-likeness (QED) is 0.773. The van der Waals surface area contributed by atoms with Crippen molar-refractivity contribution in [2.45, 2.75) is 38.7 Å². The normalized spacial score (nSPS) is 16.0. The van der Waals surface area contributed by atoms with Crippen molar-refractivity contribution in [2.75, 3.05) is 13.1 Å². The molecule has 1 saturated heterocycles. The molecule has 0 bridgehead atoms. The van der Waals surface area contributed by atoms with E-state index >= 15 is 0 Å². The molecule has 1 amide bonds. The maximum Gasteiger partial charge on any atom is 0.375 e. The fourth-order valence-corrected chi connectivity index (χ4v) is 3.03. The molecule has 1 aromatic heterocycles. The van der Waals surface area contributed by atoms with Gasteiger partial charge in [0.15, 0.2) is 6.10 Å². The molecule has 2 heterocycles. The highest BCUT2D eigenvalue weighted by atomic mass is 19.1. The Kier molecular flexibility index (Phi) is 5.71. The van der Waals surface area contributed by atoms with Crippen LogP contribution in [0.25, 0.3) is 11.3 Å². The Balaban J connectivity index is 1.62. The number of rotatable bonds is 4. The molecule has 5 nitrogen and oxygen atoms in total. The smallest absolute Gasteiger partial charge is 0.375 e. The Labute approximate surface area is 151 Å². The van der Waals surface area contributed by atoms with Crippen LogP contribution in [0, 0.1) is 5.82 Å². The summed E-state index contributed by atoms with van der Waals surface area (Å²) < 4.78 is 23.8. The van der Waals surface area contributed by atoms with Crippen molar-refractivity contribution in [2.24, 2.45) is 0 Å². The lowest BCUT2D eigenvalue weighted by Gasteiger charge is -2.23. The van der Waals surface area contributed by atoms with Crippen LogP contribution in [0.1, 0.15) is 43.2 Å². The minimum Gasteiger partial charge on any atom is -0.449 e. The Morgan fingerprint density at radius 3 is 2.35 bits per heavy atom. The van der Waals surface area contributed by atoms with Crippen molar-refractivity contribution in [3.05, 3.63) is 48.0 Å². The highest BCUT2D eigenvalue weighted by Gasteiger charge is 2.26. The van der Waals surface area contributed by atoms with Gasteiger partial charge in [-0.05, 0) is 56.2 Å². The Morgan fingerprint density at radius 2 is 1.69 bits per heavy atom. The topological polar surface area (TPSA) is 59.8 Å². The fraction of sp³-hybridized carbons (Fsp3) is 0.400. The Morgan fingerprint density at radius 1 is 1.04 bits per heavy atom. The minimum atomic E-state index is -0.861. The fourth-order valence-electron chi connectivity index (χ4n) is 3.03. The van der Waals surface area contributed by atoms with E-state index in [2.05, 4.69) is 0 Å². The predicted octanol–water partition coefficient (Wildman–Crippen LogP) is 4.03. The molecular weight excluding hydrogens is 337 g/mol. The van der Waals surface area contributed by atoms with E-state index in [9.17, 15) is 14.0 Å². The van der Waals surface area contributed by atoms with E-state index < -0.39 is 12.1 Å². The van der Waals surface area contributed by atoms with E-state index in [1.165, 1.54) is 18.2 Å². The van der Waals surface area contributed by atoms with E-state index in [1.807, 2.05) is 0 Å². The number of nitrogens with zero attached hydrogens (tertiary/aromatic N) is 1. The van der Waals surface area contributed by atoms with Crippen molar-refractivity contribution in [3.63, 3.8) is 0 Å². The van der Waals surface area contributed by atoms with Crippen molar-refractivity contribution in [3.8, 4) is 11.3 Å². The molecule has 1 atom stereocenters. The van der Waals surface area contributed by atoms with Gasteiger partial charge in [0, 0.05) is 18.7 Å². The van der Waals surface area contributed by atoms with Crippen LogP contribution in [0.15, 0.2) is 40.8 Å². The van der Waals surface area contributed by atoms with Gasteiger partial charge in [-0.1, -0.05) is 12.8 Å². The SMILES string of the molecule is CC(OC(=O)c1ccc(-c2ccc(F)cc2)o1)C(=O)N1CCCCCC1. The monoisotopic (exact) mass is 359 g/mol. The third-order valence-electron chi connectivity index (χ3n) is 4.49. The van der Waals surface area contributed by atoms with Crippen LogP contribution in [0.5, 0.6) is 0 Å². The number of halogens is 1. The summed E-state index contributed by atoms with van der Waals surface area (Å²) in [5, 5.41) is 0. The summed E-state index contributed by atoms with van der Waals surface area (Å²) in [4.78, 5) is 26.5. The molecule has 26 heavy (non-hydrogen) atoms. The standard InChI is InChI=1S/C20H22FNO4/c1-14(19(23)22-12-4-2-3-5-13-22)25-20(24)18-11-10-17(26-18)15-6-8-16(21)9-7-15/h6-11,14H,2-5,12-13H2,1H3. The molecule has 1 aromatic carbocycles. The molecule has 0 N–H and O–H groups in total. The van der Waals surface area contributed by atoms with E-state index in [0.29, 0.717) is 24.4 Å². The molecule has 3 rings (SSSR count). The van der Waals surface area contributed by atoms with E-state index in [0.717, 1.165) is 25.7 Å². The van der Waals surface area contributed by atoms with E-state index in [1.54, 1.807) is 30.0 Å². The molecule has 0 radical (unpaired) electrons. The number of carbonyl (C=O) groups is 2. The summed E-state index contributed by atoms with van der Waals surface area (Å²) in [7, 11) is 0. The summed E-state index contributed by atoms with van der Waals surface area (Å²) in [6, 6.07) is 8.87. The summed E-state index contributed by atoms with van der Waals surface area (Å²) in [6.07, 6.45) is 3.34. The van der Waals surface area contributed by atoms with Gasteiger partial charge < -0.3 is 14.1 Å². The molecule has 6 heteroatoms. The van der Waals surface area contributed by atoms with Gasteiger partial charge in [-0.2, -0.15) is 0 Å². The minimum absolute atomic E-state index is 0.0137. The molecule has 1 aliphatic heterocycles. The van der Waals surface area contributed by atoms with Gasteiger partial charge in [-0.15, -0.1) is 0 Å². The second-order valence-electron chi connectivity index (χ2n) is 6.46. The summed E-state index contributed by atoms with van der Waals surface area (Å²) in [5.41, 5.74) is 0.652.